The summed E-state index contributed by atoms with van der Waals surface area (Å²) in [6, 6.07) is 21.4. The van der Waals surface area contributed by atoms with Gasteiger partial charge >= 0.3 is 0 Å². The summed E-state index contributed by atoms with van der Waals surface area (Å²) in [5, 5.41) is 12.4. The first-order valence-corrected chi connectivity index (χ1v) is 8.26. The Balaban J connectivity index is 2.38. The molecule has 0 aliphatic carbocycles. The highest BCUT2D eigenvalue weighted by molar-refractivity contribution is 6.30. The van der Waals surface area contributed by atoms with E-state index in [4.69, 9.17) is 17.3 Å². The van der Waals surface area contributed by atoms with Gasteiger partial charge in [-0.15, -0.1) is 0 Å². The van der Waals surface area contributed by atoms with Crippen LogP contribution in [-0.4, -0.2) is 11.0 Å². The summed E-state index contributed by atoms with van der Waals surface area (Å²) in [5.74, 6) is -0.581. The van der Waals surface area contributed by atoms with E-state index in [0.29, 0.717) is 27.3 Å². The number of aliphatic hydroxyl groups is 1. The first-order chi connectivity index (χ1) is 11.9. The lowest BCUT2D eigenvalue weighted by Gasteiger charge is -2.33. The SMILES string of the molecule is Cc1cccc(C(N)=O)c1C(O)(c1ccccc1)c1ccc(Cl)cc1. The Kier molecular flexibility index (Phi) is 4.62. The third-order valence-corrected chi connectivity index (χ3v) is 4.61. The molecule has 1 amide bonds. The highest BCUT2D eigenvalue weighted by Crippen LogP contribution is 2.40. The van der Waals surface area contributed by atoms with Crippen LogP contribution in [0.2, 0.25) is 5.02 Å². The van der Waals surface area contributed by atoms with E-state index < -0.39 is 11.5 Å². The first kappa shape index (κ1) is 17.2. The Hall–Kier alpha value is -2.62. The zero-order chi connectivity index (χ0) is 18.0. The van der Waals surface area contributed by atoms with E-state index >= 15 is 0 Å². The maximum atomic E-state index is 12.0. The zero-order valence-electron chi connectivity index (χ0n) is 13.7. The van der Waals surface area contributed by atoms with Gasteiger partial charge in [-0.05, 0) is 41.8 Å². The molecular formula is C21H18ClNO2. The zero-order valence-corrected chi connectivity index (χ0v) is 14.5. The van der Waals surface area contributed by atoms with Crippen LogP contribution in [0.15, 0.2) is 72.8 Å². The fraction of sp³-hybridized carbons (Fsp3) is 0.0952. The third-order valence-electron chi connectivity index (χ3n) is 4.35. The van der Waals surface area contributed by atoms with Gasteiger partial charge in [0.25, 0.3) is 0 Å². The molecule has 0 radical (unpaired) electrons. The van der Waals surface area contributed by atoms with E-state index in [2.05, 4.69) is 0 Å². The number of halogens is 1. The lowest BCUT2D eigenvalue weighted by Crippen LogP contribution is -2.33. The number of hydrogen-bond acceptors (Lipinski definition) is 2. The number of primary amides is 1. The standard InChI is InChI=1S/C21H18ClNO2/c1-14-6-5-9-18(20(23)24)19(14)21(25,15-7-3-2-4-8-15)16-10-12-17(22)13-11-16/h2-13,25H,1H3,(H2,23,24). The molecule has 3 aromatic rings. The number of aryl methyl sites for hydroxylation is 1. The van der Waals surface area contributed by atoms with Crippen molar-refractivity contribution in [3.8, 4) is 0 Å². The van der Waals surface area contributed by atoms with Crippen LogP contribution in [-0.2, 0) is 5.60 Å². The molecule has 1 atom stereocenters. The van der Waals surface area contributed by atoms with Crippen molar-refractivity contribution in [2.75, 3.05) is 0 Å². The minimum Gasteiger partial charge on any atom is -0.376 e. The van der Waals surface area contributed by atoms with Crippen LogP contribution in [0.4, 0.5) is 0 Å². The van der Waals surface area contributed by atoms with E-state index in [1.165, 1.54) is 0 Å². The van der Waals surface area contributed by atoms with Gasteiger partial charge in [-0.2, -0.15) is 0 Å². The van der Waals surface area contributed by atoms with Gasteiger partial charge in [-0.25, -0.2) is 0 Å². The second-order valence-corrected chi connectivity index (χ2v) is 6.38. The van der Waals surface area contributed by atoms with Crippen molar-refractivity contribution in [1.82, 2.24) is 0 Å². The molecule has 3 N–H and O–H groups in total. The molecular weight excluding hydrogens is 334 g/mol. The highest BCUT2D eigenvalue weighted by atomic mass is 35.5. The van der Waals surface area contributed by atoms with Crippen LogP contribution < -0.4 is 5.73 Å². The van der Waals surface area contributed by atoms with Gasteiger partial charge in [-0.3, -0.25) is 4.79 Å². The van der Waals surface area contributed by atoms with Gasteiger partial charge in [0.05, 0.1) is 0 Å². The van der Waals surface area contributed by atoms with Crippen LogP contribution >= 0.6 is 11.6 Å². The predicted molar refractivity (Wildman–Crippen MR) is 99.7 cm³/mol. The minimum atomic E-state index is -1.53. The molecule has 0 spiro atoms. The summed E-state index contributed by atoms with van der Waals surface area (Å²) in [7, 11) is 0. The second-order valence-electron chi connectivity index (χ2n) is 5.95. The Morgan fingerprint density at radius 2 is 1.52 bits per heavy atom. The molecule has 0 aliphatic rings. The Morgan fingerprint density at radius 1 is 0.920 bits per heavy atom. The highest BCUT2D eigenvalue weighted by Gasteiger charge is 2.37. The second kappa shape index (κ2) is 6.71. The monoisotopic (exact) mass is 351 g/mol. The van der Waals surface area contributed by atoms with Gasteiger partial charge < -0.3 is 10.8 Å². The van der Waals surface area contributed by atoms with E-state index in [1.54, 1.807) is 36.4 Å². The maximum absolute atomic E-state index is 12.0. The lowest BCUT2D eigenvalue weighted by molar-refractivity contribution is 0.0974. The van der Waals surface area contributed by atoms with Crippen molar-refractivity contribution < 1.29 is 9.90 Å². The molecule has 0 saturated carbocycles. The Morgan fingerprint density at radius 3 is 2.12 bits per heavy atom. The van der Waals surface area contributed by atoms with Crippen LogP contribution in [0.5, 0.6) is 0 Å². The number of carbonyl (C=O) groups excluding carboxylic acids is 1. The van der Waals surface area contributed by atoms with Crippen molar-refractivity contribution in [1.29, 1.82) is 0 Å². The van der Waals surface area contributed by atoms with E-state index in [1.807, 2.05) is 43.3 Å². The fourth-order valence-electron chi connectivity index (χ4n) is 3.18. The summed E-state index contributed by atoms with van der Waals surface area (Å²) >= 11 is 6.01. The largest absolute Gasteiger partial charge is 0.376 e. The molecule has 3 rings (SSSR count). The molecule has 0 heterocycles. The Bertz CT molecular complexity index is 907. The van der Waals surface area contributed by atoms with E-state index in [0.717, 1.165) is 5.56 Å². The molecule has 1 unspecified atom stereocenters. The van der Waals surface area contributed by atoms with Crippen LogP contribution in [0.3, 0.4) is 0 Å². The van der Waals surface area contributed by atoms with Gasteiger partial charge in [0.15, 0.2) is 0 Å². The maximum Gasteiger partial charge on any atom is 0.249 e. The van der Waals surface area contributed by atoms with Crippen LogP contribution in [0.25, 0.3) is 0 Å². The van der Waals surface area contributed by atoms with Gasteiger partial charge in [-0.1, -0.05) is 66.2 Å². The number of nitrogens with two attached hydrogens (primary N) is 1. The average Bonchev–Trinajstić information content (AvgIpc) is 2.62. The summed E-state index contributed by atoms with van der Waals surface area (Å²) in [6.45, 7) is 1.85. The number of hydrogen-bond donors (Lipinski definition) is 2. The molecule has 0 saturated heterocycles. The summed E-state index contributed by atoms with van der Waals surface area (Å²) in [6.07, 6.45) is 0. The normalized spacial score (nSPS) is 13.2. The average molecular weight is 352 g/mol. The van der Waals surface area contributed by atoms with Crippen LogP contribution in [0, 0.1) is 6.92 Å². The number of amides is 1. The molecule has 0 fully saturated rings. The van der Waals surface area contributed by atoms with Crippen molar-refractivity contribution in [3.05, 3.63) is 106 Å². The summed E-state index contributed by atoms with van der Waals surface area (Å²) in [5.41, 5.74) is 6.87. The first-order valence-electron chi connectivity index (χ1n) is 7.88. The van der Waals surface area contributed by atoms with E-state index in [-0.39, 0.29) is 0 Å². The minimum absolute atomic E-state index is 0.293. The quantitative estimate of drug-likeness (QED) is 0.697. The van der Waals surface area contributed by atoms with Gasteiger partial charge in [0.2, 0.25) is 5.91 Å². The topological polar surface area (TPSA) is 63.3 Å². The molecule has 3 nitrogen and oxygen atoms in total. The van der Waals surface area contributed by atoms with E-state index in [9.17, 15) is 9.90 Å². The van der Waals surface area contributed by atoms with Crippen molar-refractivity contribution in [3.63, 3.8) is 0 Å². The summed E-state index contributed by atoms with van der Waals surface area (Å²) in [4.78, 5) is 12.0. The number of carbonyl (C=O) groups is 1. The predicted octanol–water partition coefficient (Wildman–Crippen LogP) is 4.03. The molecule has 0 aliphatic heterocycles. The van der Waals surface area contributed by atoms with Gasteiger partial charge in [0, 0.05) is 16.1 Å². The fourth-order valence-corrected chi connectivity index (χ4v) is 3.31. The number of benzene rings is 3. The molecule has 25 heavy (non-hydrogen) atoms. The molecule has 0 bridgehead atoms. The molecule has 0 aromatic heterocycles. The summed E-state index contributed by atoms with van der Waals surface area (Å²) < 4.78 is 0. The molecule has 4 heteroatoms. The number of rotatable bonds is 4. The molecule has 3 aromatic carbocycles. The van der Waals surface area contributed by atoms with Crippen molar-refractivity contribution in [2.24, 2.45) is 5.73 Å². The molecule has 126 valence electrons. The van der Waals surface area contributed by atoms with Gasteiger partial charge in [0.1, 0.15) is 5.60 Å². The van der Waals surface area contributed by atoms with Crippen LogP contribution in [0.1, 0.15) is 32.6 Å². The lowest BCUT2D eigenvalue weighted by atomic mass is 9.76. The Labute approximate surface area is 151 Å². The smallest absolute Gasteiger partial charge is 0.249 e. The van der Waals surface area contributed by atoms with Crippen molar-refractivity contribution >= 4 is 17.5 Å². The van der Waals surface area contributed by atoms with Crippen molar-refractivity contribution in [2.45, 2.75) is 12.5 Å². The third kappa shape index (κ3) is 3.04.